The number of aliphatic hydroxyl groups is 1. The van der Waals surface area contributed by atoms with Gasteiger partial charge < -0.3 is 10.4 Å². The summed E-state index contributed by atoms with van der Waals surface area (Å²) < 4.78 is 39.9. The molecule has 0 saturated heterocycles. The van der Waals surface area contributed by atoms with Crippen LogP contribution in [0.25, 0.3) is 6.08 Å². The van der Waals surface area contributed by atoms with Gasteiger partial charge in [-0.3, -0.25) is 4.79 Å². The number of nitrogens with one attached hydrogen (secondary N) is 1. The zero-order valence-electron chi connectivity index (χ0n) is 16.6. The van der Waals surface area contributed by atoms with E-state index in [0.29, 0.717) is 5.56 Å². The van der Waals surface area contributed by atoms with Crippen molar-refractivity contribution in [1.82, 2.24) is 0 Å². The van der Waals surface area contributed by atoms with Gasteiger partial charge in [-0.05, 0) is 41.3 Å². The Morgan fingerprint density at radius 3 is 2.48 bits per heavy atom. The number of carbonyl (C=O) groups is 1. The molecule has 3 rings (SSSR count). The van der Waals surface area contributed by atoms with E-state index in [4.69, 9.17) is 0 Å². The van der Waals surface area contributed by atoms with Gasteiger partial charge in [0.25, 0.3) is 0 Å². The summed E-state index contributed by atoms with van der Waals surface area (Å²) in [5.41, 5.74) is -0.886. The SMILES string of the molecule is CC(C)(C)C(=O)Nc1ccc(C(F)(F)F)cc1CC1(O)CC=Cc2ccccc21. The summed E-state index contributed by atoms with van der Waals surface area (Å²) in [5.74, 6) is -0.311. The average molecular weight is 403 g/mol. The molecule has 2 N–H and O–H groups in total. The maximum absolute atomic E-state index is 13.3. The van der Waals surface area contributed by atoms with Crippen molar-refractivity contribution in [3.8, 4) is 0 Å². The summed E-state index contributed by atoms with van der Waals surface area (Å²) in [6.45, 7) is 5.17. The molecule has 0 bridgehead atoms. The minimum Gasteiger partial charge on any atom is -0.384 e. The Morgan fingerprint density at radius 1 is 1.14 bits per heavy atom. The normalized spacial score (nSPS) is 19.0. The number of carbonyl (C=O) groups excluding carboxylic acids is 1. The number of fused-ring (bicyclic) bond motifs is 1. The highest BCUT2D eigenvalue weighted by Gasteiger charge is 2.36. The van der Waals surface area contributed by atoms with Crippen molar-refractivity contribution in [2.45, 2.75) is 45.4 Å². The molecule has 2 aromatic rings. The minimum absolute atomic E-state index is 0.0575. The Hall–Kier alpha value is -2.60. The number of benzene rings is 2. The maximum atomic E-state index is 13.3. The van der Waals surface area contributed by atoms with Crippen LogP contribution in [0.3, 0.4) is 0 Å². The second kappa shape index (κ2) is 7.34. The van der Waals surface area contributed by atoms with Crippen molar-refractivity contribution >= 4 is 17.7 Å². The number of halogens is 3. The van der Waals surface area contributed by atoms with Crippen LogP contribution in [-0.2, 0) is 23.0 Å². The lowest BCUT2D eigenvalue weighted by Gasteiger charge is -2.33. The molecule has 0 aromatic heterocycles. The first-order valence-corrected chi connectivity index (χ1v) is 9.40. The fourth-order valence-electron chi connectivity index (χ4n) is 3.39. The number of amides is 1. The molecule has 3 nitrogen and oxygen atoms in total. The van der Waals surface area contributed by atoms with Crippen molar-refractivity contribution in [3.05, 3.63) is 70.8 Å². The molecule has 0 aliphatic heterocycles. The van der Waals surface area contributed by atoms with E-state index in [0.717, 1.165) is 17.7 Å². The summed E-state index contributed by atoms with van der Waals surface area (Å²) >= 11 is 0. The largest absolute Gasteiger partial charge is 0.416 e. The van der Waals surface area contributed by atoms with Crippen LogP contribution in [0.2, 0.25) is 0 Å². The third kappa shape index (κ3) is 4.53. The Morgan fingerprint density at radius 2 is 1.83 bits per heavy atom. The molecule has 0 saturated carbocycles. The lowest BCUT2D eigenvalue weighted by Crippen LogP contribution is -2.32. The molecule has 1 amide bonds. The molecule has 0 radical (unpaired) electrons. The van der Waals surface area contributed by atoms with E-state index in [9.17, 15) is 23.1 Å². The Kier molecular flexibility index (Phi) is 5.34. The van der Waals surface area contributed by atoms with Gasteiger partial charge in [0.15, 0.2) is 0 Å². The Balaban J connectivity index is 2.04. The van der Waals surface area contributed by atoms with Gasteiger partial charge in [-0.2, -0.15) is 13.2 Å². The Bertz CT molecular complexity index is 957. The summed E-state index contributed by atoms with van der Waals surface area (Å²) in [5, 5.41) is 14.1. The highest BCUT2D eigenvalue weighted by Crippen LogP contribution is 2.39. The summed E-state index contributed by atoms with van der Waals surface area (Å²) in [6.07, 6.45) is -0.610. The minimum atomic E-state index is -4.52. The first-order valence-electron chi connectivity index (χ1n) is 9.40. The van der Waals surface area contributed by atoms with Crippen molar-refractivity contribution < 1.29 is 23.1 Å². The van der Waals surface area contributed by atoms with Crippen LogP contribution in [0, 0.1) is 5.41 Å². The summed E-state index contributed by atoms with van der Waals surface area (Å²) in [7, 11) is 0. The smallest absolute Gasteiger partial charge is 0.384 e. The molecule has 0 heterocycles. The van der Waals surface area contributed by atoms with Gasteiger partial charge in [0.05, 0.1) is 11.2 Å². The standard InChI is InChI=1S/C23H24F3NO2/c1-21(2,3)20(28)27-19-11-10-17(23(24,25)26)13-16(19)14-22(29)12-6-8-15-7-4-5-9-18(15)22/h4-11,13,29H,12,14H2,1-3H3,(H,27,28). The fraction of sp³-hybridized carbons (Fsp3) is 0.348. The lowest BCUT2D eigenvalue weighted by atomic mass is 9.78. The highest BCUT2D eigenvalue weighted by atomic mass is 19.4. The molecule has 154 valence electrons. The molecule has 2 aromatic carbocycles. The molecular weight excluding hydrogens is 379 g/mol. The third-order valence-corrected chi connectivity index (χ3v) is 5.06. The van der Waals surface area contributed by atoms with Crippen molar-refractivity contribution in [2.75, 3.05) is 5.32 Å². The highest BCUT2D eigenvalue weighted by molar-refractivity contribution is 5.95. The van der Waals surface area contributed by atoms with E-state index in [1.165, 1.54) is 6.07 Å². The van der Waals surface area contributed by atoms with Gasteiger partial charge in [-0.1, -0.05) is 57.2 Å². The predicted molar refractivity (Wildman–Crippen MR) is 107 cm³/mol. The van der Waals surface area contributed by atoms with Crippen LogP contribution in [-0.4, -0.2) is 11.0 Å². The van der Waals surface area contributed by atoms with Crippen molar-refractivity contribution in [3.63, 3.8) is 0 Å². The third-order valence-electron chi connectivity index (χ3n) is 5.06. The van der Waals surface area contributed by atoms with E-state index in [1.54, 1.807) is 32.9 Å². The molecule has 1 aliphatic carbocycles. The molecule has 1 atom stereocenters. The monoisotopic (exact) mass is 403 g/mol. The maximum Gasteiger partial charge on any atom is 0.416 e. The van der Waals surface area contributed by atoms with E-state index in [-0.39, 0.29) is 30.0 Å². The van der Waals surface area contributed by atoms with Crippen molar-refractivity contribution in [2.24, 2.45) is 5.41 Å². The Labute approximate surface area is 168 Å². The second-order valence-electron chi connectivity index (χ2n) is 8.48. The van der Waals surface area contributed by atoms with E-state index >= 15 is 0 Å². The van der Waals surface area contributed by atoms with E-state index in [1.807, 2.05) is 24.3 Å². The molecular formula is C23H24F3NO2. The fourth-order valence-corrected chi connectivity index (χ4v) is 3.39. The molecule has 0 fully saturated rings. The van der Waals surface area contributed by atoms with E-state index in [2.05, 4.69) is 5.32 Å². The lowest BCUT2D eigenvalue weighted by molar-refractivity contribution is -0.137. The summed E-state index contributed by atoms with van der Waals surface area (Å²) in [6, 6.07) is 10.5. The molecule has 1 unspecified atom stereocenters. The number of alkyl halides is 3. The number of anilines is 1. The molecule has 6 heteroatoms. The second-order valence-corrected chi connectivity index (χ2v) is 8.48. The number of hydrogen-bond donors (Lipinski definition) is 2. The first-order chi connectivity index (χ1) is 13.4. The summed E-state index contributed by atoms with van der Waals surface area (Å²) in [4.78, 5) is 12.4. The molecule has 1 aliphatic rings. The van der Waals surface area contributed by atoms with Gasteiger partial charge in [0, 0.05) is 17.5 Å². The zero-order chi connectivity index (χ0) is 21.4. The van der Waals surface area contributed by atoms with Gasteiger partial charge in [0.1, 0.15) is 0 Å². The number of hydrogen-bond acceptors (Lipinski definition) is 2. The van der Waals surface area contributed by atoms with Crippen LogP contribution < -0.4 is 5.32 Å². The van der Waals surface area contributed by atoms with Gasteiger partial charge in [-0.15, -0.1) is 0 Å². The van der Waals surface area contributed by atoms with Gasteiger partial charge >= 0.3 is 6.18 Å². The zero-order valence-corrected chi connectivity index (χ0v) is 16.6. The van der Waals surface area contributed by atoms with Gasteiger partial charge in [0.2, 0.25) is 5.91 Å². The quantitative estimate of drug-likeness (QED) is 0.707. The number of rotatable bonds is 3. The predicted octanol–water partition coefficient (Wildman–Crippen LogP) is 5.54. The van der Waals surface area contributed by atoms with Crippen LogP contribution in [0.4, 0.5) is 18.9 Å². The average Bonchev–Trinajstić information content (AvgIpc) is 2.62. The van der Waals surface area contributed by atoms with E-state index < -0.39 is 22.8 Å². The van der Waals surface area contributed by atoms with Crippen LogP contribution in [0.5, 0.6) is 0 Å². The molecule has 0 spiro atoms. The van der Waals surface area contributed by atoms with Crippen LogP contribution in [0.1, 0.15) is 49.4 Å². The first kappa shape index (κ1) is 21.1. The molecule has 29 heavy (non-hydrogen) atoms. The van der Waals surface area contributed by atoms with Crippen molar-refractivity contribution in [1.29, 1.82) is 0 Å². The van der Waals surface area contributed by atoms with Crippen LogP contribution >= 0.6 is 0 Å². The van der Waals surface area contributed by atoms with Crippen LogP contribution in [0.15, 0.2) is 48.5 Å². The topological polar surface area (TPSA) is 49.3 Å². The van der Waals surface area contributed by atoms with Gasteiger partial charge in [-0.25, -0.2) is 0 Å².